The number of ether oxygens (including phenoxy) is 1. The minimum atomic E-state index is -1.01. The number of benzene rings is 2. The minimum absolute atomic E-state index is 0.0566. The molecule has 2 heterocycles. The maximum atomic E-state index is 13.5. The number of amides is 1. The van der Waals surface area contributed by atoms with Crippen LogP contribution in [-0.4, -0.2) is 28.9 Å². The maximum absolute atomic E-state index is 13.5. The first-order valence-corrected chi connectivity index (χ1v) is 10.1. The van der Waals surface area contributed by atoms with Gasteiger partial charge in [0.2, 0.25) is 0 Å². The van der Waals surface area contributed by atoms with Crippen LogP contribution >= 0.6 is 23.2 Å². The Labute approximate surface area is 192 Å². The Morgan fingerprint density at radius 2 is 1.75 bits per heavy atom. The number of aliphatic hydroxyl groups is 1. The lowest BCUT2D eigenvalue weighted by molar-refractivity contribution is -0.132. The predicted molar refractivity (Wildman–Crippen MR) is 118 cm³/mol. The highest BCUT2D eigenvalue weighted by molar-refractivity contribution is 6.51. The van der Waals surface area contributed by atoms with Gasteiger partial charge in [0.15, 0.2) is 0 Å². The van der Waals surface area contributed by atoms with Gasteiger partial charge in [-0.25, -0.2) is 4.39 Å². The van der Waals surface area contributed by atoms with Crippen LogP contribution in [0.4, 0.5) is 10.1 Å². The van der Waals surface area contributed by atoms with Gasteiger partial charge >= 0.3 is 0 Å². The number of pyridine rings is 1. The molecular weight excluding hydrogens is 458 g/mol. The first-order valence-electron chi connectivity index (χ1n) is 9.33. The third-order valence-corrected chi connectivity index (χ3v) is 5.54. The number of Topliss-reactive ketones (excluding diaryl/α,β-unsaturated/α-hetero) is 1. The monoisotopic (exact) mass is 472 g/mol. The average molecular weight is 473 g/mol. The van der Waals surface area contributed by atoms with E-state index in [1.54, 1.807) is 12.1 Å². The second-order valence-corrected chi connectivity index (χ2v) is 7.74. The van der Waals surface area contributed by atoms with E-state index in [0.29, 0.717) is 5.56 Å². The zero-order valence-electron chi connectivity index (χ0n) is 16.6. The van der Waals surface area contributed by atoms with Crippen molar-refractivity contribution < 1.29 is 23.8 Å². The second kappa shape index (κ2) is 8.61. The molecule has 1 aliphatic heterocycles. The molecule has 1 aromatic heterocycles. The normalized spacial score (nSPS) is 17.6. The molecule has 0 saturated carbocycles. The molecule has 162 valence electrons. The summed E-state index contributed by atoms with van der Waals surface area (Å²) in [5.41, 5.74) is 0.658. The number of nitrogens with zero attached hydrogens (tertiary/aromatic N) is 2. The first kappa shape index (κ1) is 21.8. The van der Waals surface area contributed by atoms with Crippen LogP contribution in [-0.2, 0) is 9.59 Å². The van der Waals surface area contributed by atoms with Crippen molar-refractivity contribution in [1.82, 2.24) is 4.98 Å². The number of hydrogen-bond acceptors (Lipinski definition) is 5. The van der Waals surface area contributed by atoms with Crippen LogP contribution in [0.25, 0.3) is 5.76 Å². The summed E-state index contributed by atoms with van der Waals surface area (Å²) in [7, 11) is 1.35. The van der Waals surface area contributed by atoms with Gasteiger partial charge < -0.3 is 9.84 Å². The lowest BCUT2D eigenvalue weighted by Crippen LogP contribution is -2.29. The number of methoxy groups -OCH3 is 1. The molecule has 1 saturated heterocycles. The van der Waals surface area contributed by atoms with E-state index < -0.39 is 29.3 Å². The predicted octanol–water partition coefficient (Wildman–Crippen LogP) is 5.16. The fourth-order valence-electron chi connectivity index (χ4n) is 3.65. The molecule has 1 atom stereocenters. The van der Waals surface area contributed by atoms with Gasteiger partial charge in [0, 0.05) is 23.1 Å². The van der Waals surface area contributed by atoms with Gasteiger partial charge in [-0.05, 0) is 54.1 Å². The topological polar surface area (TPSA) is 79.7 Å². The molecule has 1 aliphatic rings. The van der Waals surface area contributed by atoms with Gasteiger partial charge in [0.25, 0.3) is 11.7 Å². The zero-order chi connectivity index (χ0) is 23.0. The number of rotatable bonds is 4. The number of carbonyl (C=O) groups excluding carboxylic acids is 2. The molecule has 1 unspecified atom stereocenters. The Kier molecular flexibility index (Phi) is 5.86. The third-order valence-electron chi connectivity index (χ3n) is 5.04. The standard InChI is InChI=1S/C23H15Cl2FN2O4/c1-32-22-16(10-13(24)11-17(22)25)20(29)18-19(12-6-8-27-9-7-12)28(23(31)21(18)30)15-4-2-14(26)3-5-15/h2-11,19,29H,1H3/b20-18+. The van der Waals surface area contributed by atoms with Crippen molar-refractivity contribution in [3.63, 3.8) is 0 Å². The number of anilines is 1. The summed E-state index contributed by atoms with van der Waals surface area (Å²) in [5, 5.41) is 11.5. The molecule has 0 radical (unpaired) electrons. The molecule has 32 heavy (non-hydrogen) atoms. The summed E-state index contributed by atoms with van der Waals surface area (Å²) in [6.07, 6.45) is 2.99. The molecule has 0 bridgehead atoms. The highest BCUT2D eigenvalue weighted by Crippen LogP contribution is 2.44. The van der Waals surface area contributed by atoms with Gasteiger partial charge in [-0.3, -0.25) is 19.5 Å². The van der Waals surface area contributed by atoms with Crippen LogP contribution in [0.2, 0.25) is 10.0 Å². The van der Waals surface area contributed by atoms with Crippen molar-refractivity contribution in [1.29, 1.82) is 0 Å². The van der Waals surface area contributed by atoms with Gasteiger partial charge in [-0.2, -0.15) is 0 Å². The highest BCUT2D eigenvalue weighted by Gasteiger charge is 2.47. The van der Waals surface area contributed by atoms with E-state index in [0.717, 1.165) is 0 Å². The van der Waals surface area contributed by atoms with Crippen molar-refractivity contribution >= 4 is 46.3 Å². The molecule has 0 aliphatic carbocycles. The van der Waals surface area contributed by atoms with Gasteiger partial charge in [-0.1, -0.05) is 23.2 Å². The summed E-state index contributed by atoms with van der Waals surface area (Å²) in [6.45, 7) is 0. The third kappa shape index (κ3) is 3.70. The van der Waals surface area contributed by atoms with Crippen LogP contribution < -0.4 is 9.64 Å². The van der Waals surface area contributed by atoms with E-state index in [4.69, 9.17) is 27.9 Å². The van der Waals surface area contributed by atoms with Gasteiger partial charge in [0.1, 0.15) is 17.3 Å². The number of carbonyl (C=O) groups is 2. The lowest BCUT2D eigenvalue weighted by atomic mass is 9.95. The molecular formula is C23H15Cl2FN2O4. The smallest absolute Gasteiger partial charge is 0.300 e. The van der Waals surface area contributed by atoms with Crippen molar-refractivity contribution in [2.24, 2.45) is 0 Å². The molecule has 4 rings (SSSR count). The summed E-state index contributed by atoms with van der Waals surface area (Å²) in [6, 6.07) is 10.1. The number of aromatic nitrogens is 1. The van der Waals surface area contributed by atoms with E-state index >= 15 is 0 Å². The molecule has 1 amide bonds. The van der Waals surface area contributed by atoms with Crippen LogP contribution in [0.3, 0.4) is 0 Å². The number of halogens is 3. The quantitative estimate of drug-likeness (QED) is 0.322. The van der Waals surface area contributed by atoms with Crippen molar-refractivity contribution in [3.05, 3.63) is 93.5 Å². The van der Waals surface area contributed by atoms with Crippen LogP contribution in [0.1, 0.15) is 17.2 Å². The summed E-state index contributed by atoms with van der Waals surface area (Å²) in [5.74, 6) is -2.71. The summed E-state index contributed by atoms with van der Waals surface area (Å²) >= 11 is 12.3. The van der Waals surface area contributed by atoms with Crippen molar-refractivity contribution in [2.75, 3.05) is 12.0 Å². The molecule has 2 aromatic carbocycles. The van der Waals surface area contributed by atoms with E-state index in [1.165, 1.54) is 60.8 Å². The Morgan fingerprint density at radius 3 is 2.38 bits per heavy atom. The Hall–Kier alpha value is -3.42. The molecule has 1 N–H and O–H groups in total. The molecule has 1 fully saturated rings. The SMILES string of the molecule is COc1c(Cl)cc(Cl)cc1/C(O)=C1\C(=O)C(=O)N(c2ccc(F)cc2)C1c1ccncc1. The first-order chi connectivity index (χ1) is 15.3. The van der Waals surface area contributed by atoms with Gasteiger partial charge in [-0.15, -0.1) is 0 Å². The lowest BCUT2D eigenvalue weighted by Gasteiger charge is -2.25. The van der Waals surface area contributed by atoms with Crippen molar-refractivity contribution in [2.45, 2.75) is 6.04 Å². The largest absolute Gasteiger partial charge is 0.507 e. The van der Waals surface area contributed by atoms with E-state index in [2.05, 4.69) is 4.98 Å². The average Bonchev–Trinajstić information content (AvgIpc) is 3.04. The molecule has 3 aromatic rings. The fourth-order valence-corrected chi connectivity index (χ4v) is 4.22. The van der Waals surface area contributed by atoms with E-state index in [9.17, 15) is 19.1 Å². The van der Waals surface area contributed by atoms with E-state index in [-0.39, 0.29) is 32.6 Å². The molecule has 0 spiro atoms. The van der Waals surface area contributed by atoms with Crippen LogP contribution in [0.5, 0.6) is 5.75 Å². The van der Waals surface area contributed by atoms with Crippen LogP contribution in [0, 0.1) is 5.82 Å². The van der Waals surface area contributed by atoms with Gasteiger partial charge in [0.05, 0.1) is 29.3 Å². The number of ketones is 1. The number of aliphatic hydroxyl groups excluding tert-OH is 1. The molecule has 9 heteroatoms. The summed E-state index contributed by atoms with van der Waals surface area (Å²) < 4.78 is 18.8. The minimum Gasteiger partial charge on any atom is -0.507 e. The second-order valence-electron chi connectivity index (χ2n) is 6.89. The highest BCUT2D eigenvalue weighted by atomic mass is 35.5. The zero-order valence-corrected chi connectivity index (χ0v) is 18.1. The number of hydrogen-bond donors (Lipinski definition) is 1. The summed E-state index contributed by atoms with van der Waals surface area (Å²) in [4.78, 5) is 31.3. The Morgan fingerprint density at radius 1 is 1.09 bits per heavy atom. The van der Waals surface area contributed by atoms with E-state index in [1.807, 2.05) is 0 Å². The molecule has 6 nitrogen and oxygen atoms in total. The van der Waals surface area contributed by atoms with Crippen molar-refractivity contribution in [3.8, 4) is 5.75 Å². The van der Waals surface area contributed by atoms with Crippen LogP contribution in [0.15, 0.2) is 66.5 Å². The Balaban J connectivity index is 1.99. The fraction of sp³-hybridized carbons (Fsp3) is 0.0870. The Bertz CT molecular complexity index is 1250. The maximum Gasteiger partial charge on any atom is 0.300 e.